The van der Waals surface area contributed by atoms with E-state index >= 15 is 0 Å². The van der Waals surface area contributed by atoms with Crippen LogP contribution in [0.3, 0.4) is 0 Å². The van der Waals surface area contributed by atoms with Crippen LogP contribution < -0.4 is 0 Å². The van der Waals surface area contributed by atoms with Gasteiger partial charge in [-0.2, -0.15) is 0 Å². The van der Waals surface area contributed by atoms with Crippen LogP contribution in [0, 0.1) is 0 Å². The van der Waals surface area contributed by atoms with Crippen molar-refractivity contribution in [1.82, 2.24) is 19.7 Å². The van der Waals surface area contributed by atoms with Crippen molar-refractivity contribution in [3.63, 3.8) is 0 Å². The third-order valence-corrected chi connectivity index (χ3v) is 4.83. The van der Waals surface area contributed by atoms with Crippen LogP contribution in [0.25, 0.3) is 0 Å². The molecular formula is C16H24N4O2S. The Balaban J connectivity index is 1.45. The van der Waals surface area contributed by atoms with E-state index in [1.807, 2.05) is 17.5 Å². The summed E-state index contributed by atoms with van der Waals surface area (Å²) in [4.78, 5) is 3.40. The molecule has 6 nitrogen and oxygen atoms in total. The van der Waals surface area contributed by atoms with Crippen molar-refractivity contribution in [1.29, 1.82) is 0 Å². The zero-order chi connectivity index (χ0) is 16.2. The highest BCUT2D eigenvalue weighted by Gasteiger charge is 2.23. The minimum Gasteiger partial charge on any atom is -0.389 e. The van der Waals surface area contributed by atoms with Gasteiger partial charge in [0.15, 0.2) is 0 Å². The maximum Gasteiger partial charge on any atom is 0.147 e. The fourth-order valence-corrected chi connectivity index (χ4v) is 3.49. The molecule has 0 radical (unpaired) electrons. The number of nitrogens with zero attached hydrogens (tertiary/aromatic N) is 4. The first-order valence-corrected chi connectivity index (χ1v) is 8.94. The molecule has 0 bridgehead atoms. The van der Waals surface area contributed by atoms with E-state index in [1.54, 1.807) is 11.3 Å². The van der Waals surface area contributed by atoms with Crippen molar-refractivity contribution in [3.05, 3.63) is 34.0 Å². The maximum atomic E-state index is 10.2. The van der Waals surface area contributed by atoms with Crippen molar-refractivity contribution in [2.45, 2.75) is 45.6 Å². The van der Waals surface area contributed by atoms with Crippen LogP contribution in [0.2, 0.25) is 0 Å². The smallest absolute Gasteiger partial charge is 0.147 e. The molecule has 0 fully saturated rings. The number of ether oxygens (including phenoxy) is 1. The van der Waals surface area contributed by atoms with Gasteiger partial charge in [0.25, 0.3) is 0 Å². The number of hydrogen-bond donors (Lipinski definition) is 1. The lowest BCUT2D eigenvalue weighted by Crippen LogP contribution is -2.40. The Morgan fingerprint density at radius 3 is 2.96 bits per heavy atom. The zero-order valence-electron chi connectivity index (χ0n) is 13.7. The van der Waals surface area contributed by atoms with Gasteiger partial charge in [0.05, 0.1) is 25.9 Å². The van der Waals surface area contributed by atoms with Gasteiger partial charge in [-0.3, -0.25) is 4.90 Å². The van der Waals surface area contributed by atoms with Crippen LogP contribution in [0.4, 0.5) is 0 Å². The molecule has 1 aliphatic heterocycles. The van der Waals surface area contributed by atoms with Crippen molar-refractivity contribution in [2.75, 3.05) is 19.7 Å². The number of aliphatic hydroxyl groups excluding tert-OH is 1. The van der Waals surface area contributed by atoms with Crippen LogP contribution in [0.15, 0.2) is 17.5 Å². The van der Waals surface area contributed by atoms with Gasteiger partial charge in [0, 0.05) is 30.4 Å². The van der Waals surface area contributed by atoms with E-state index in [0.717, 1.165) is 31.3 Å². The van der Waals surface area contributed by atoms with Crippen LogP contribution in [-0.4, -0.2) is 50.6 Å². The first kappa shape index (κ1) is 16.6. The molecular weight excluding hydrogens is 312 g/mol. The molecule has 2 aromatic rings. The van der Waals surface area contributed by atoms with Gasteiger partial charge in [0.1, 0.15) is 11.6 Å². The van der Waals surface area contributed by atoms with E-state index in [4.69, 9.17) is 4.74 Å². The molecule has 0 unspecified atom stereocenters. The predicted octanol–water partition coefficient (Wildman–Crippen LogP) is 1.86. The molecule has 1 aliphatic rings. The topological polar surface area (TPSA) is 63.4 Å². The minimum atomic E-state index is -0.478. The summed E-state index contributed by atoms with van der Waals surface area (Å²) in [6, 6.07) is 4.05. The average molecular weight is 336 g/mol. The number of rotatable bonds is 7. The van der Waals surface area contributed by atoms with E-state index in [0.29, 0.717) is 25.7 Å². The van der Waals surface area contributed by atoms with Crippen LogP contribution in [-0.2, 0) is 24.4 Å². The summed E-state index contributed by atoms with van der Waals surface area (Å²) in [5.41, 5.74) is 0. The summed E-state index contributed by atoms with van der Waals surface area (Å²) in [5, 5.41) is 20.8. The molecule has 0 amide bonds. The van der Waals surface area contributed by atoms with Crippen LogP contribution >= 0.6 is 11.3 Å². The van der Waals surface area contributed by atoms with Gasteiger partial charge in [0.2, 0.25) is 0 Å². The first-order chi connectivity index (χ1) is 11.1. The number of fused-ring (bicyclic) bond motifs is 1. The van der Waals surface area contributed by atoms with E-state index in [2.05, 4.69) is 33.5 Å². The van der Waals surface area contributed by atoms with Gasteiger partial charge >= 0.3 is 0 Å². The van der Waals surface area contributed by atoms with Gasteiger partial charge in [-0.15, -0.1) is 21.5 Å². The Labute approximate surface area is 140 Å². The van der Waals surface area contributed by atoms with E-state index in [9.17, 15) is 5.11 Å². The van der Waals surface area contributed by atoms with Crippen LogP contribution in [0.1, 0.15) is 36.3 Å². The lowest BCUT2D eigenvalue weighted by Gasteiger charge is -2.29. The quantitative estimate of drug-likeness (QED) is 0.836. The summed E-state index contributed by atoms with van der Waals surface area (Å²) in [5.74, 6) is 2.44. The van der Waals surface area contributed by atoms with Gasteiger partial charge in [-0.25, -0.2) is 0 Å². The number of β-amino-alcohol motifs (C(OH)–C–C–N with tert-alkyl or cyclic N) is 1. The van der Waals surface area contributed by atoms with Gasteiger partial charge in [-0.1, -0.05) is 19.9 Å². The standard InChI is InChI=1S/C16H24N4O2S/c1-12(2)16-18-17-15-9-19(5-6-20(15)16)8-13(21)10-22-11-14-4-3-7-23-14/h3-4,7,12-13,21H,5-6,8-11H2,1-2H3/t13-/m1/s1. The molecule has 7 heteroatoms. The third-order valence-electron chi connectivity index (χ3n) is 3.98. The highest BCUT2D eigenvalue weighted by atomic mass is 32.1. The Bertz CT molecular complexity index is 612. The number of aromatic nitrogens is 3. The highest BCUT2D eigenvalue weighted by Crippen LogP contribution is 2.18. The maximum absolute atomic E-state index is 10.2. The lowest BCUT2D eigenvalue weighted by atomic mass is 10.2. The molecule has 0 saturated heterocycles. The van der Waals surface area contributed by atoms with Crippen molar-refractivity contribution >= 4 is 11.3 Å². The molecule has 1 N–H and O–H groups in total. The monoisotopic (exact) mass is 336 g/mol. The lowest BCUT2D eigenvalue weighted by molar-refractivity contribution is 0.00605. The molecule has 126 valence electrons. The van der Waals surface area contributed by atoms with Gasteiger partial charge < -0.3 is 14.4 Å². The Hall–Kier alpha value is -1.28. The van der Waals surface area contributed by atoms with Crippen molar-refractivity contribution in [3.8, 4) is 0 Å². The summed E-state index contributed by atoms with van der Waals surface area (Å²) < 4.78 is 7.80. The van der Waals surface area contributed by atoms with Crippen LogP contribution in [0.5, 0.6) is 0 Å². The Kier molecular flexibility index (Phi) is 5.42. The highest BCUT2D eigenvalue weighted by molar-refractivity contribution is 7.09. The molecule has 23 heavy (non-hydrogen) atoms. The fraction of sp³-hybridized carbons (Fsp3) is 0.625. The van der Waals surface area contributed by atoms with E-state index in [1.165, 1.54) is 4.88 Å². The Morgan fingerprint density at radius 2 is 2.22 bits per heavy atom. The predicted molar refractivity (Wildman–Crippen MR) is 89.4 cm³/mol. The Morgan fingerprint density at radius 1 is 1.35 bits per heavy atom. The van der Waals surface area contributed by atoms with Crippen molar-refractivity contribution < 1.29 is 9.84 Å². The first-order valence-electron chi connectivity index (χ1n) is 8.06. The second-order valence-corrected chi connectivity index (χ2v) is 7.30. The van der Waals surface area contributed by atoms with Gasteiger partial charge in [-0.05, 0) is 11.4 Å². The average Bonchev–Trinajstić information content (AvgIpc) is 3.15. The number of aliphatic hydroxyl groups is 1. The minimum absolute atomic E-state index is 0.359. The summed E-state index contributed by atoms with van der Waals surface area (Å²) in [6.45, 7) is 8.34. The molecule has 2 aromatic heterocycles. The largest absolute Gasteiger partial charge is 0.389 e. The summed E-state index contributed by atoms with van der Waals surface area (Å²) in [6.07, 6.45) is -0.478. The normalized spacial score (nSPS) is 16.7. The summed E-state index contributed by atoms with van der Waals surface area (Å²) in [7, 11) is 0. The molecule has 1 atom stereocenters. The molecule has 3 rings (SSSR count). The number of thiophene rings is 1. The van der Waals surface area contributed by atoms with E-state index in [-0.39, 0.29) is 0 Å². The number of hydrogen-bond acceptors (Lipinski definition) is 6. The third kappa shape index (κ3) is 4.17. The second-order valence-electron chi connectivity index (χ2n) is 6.26. The molecule has 0 saturated carbocycles. The SMILES string of the molecule is CC(C)c1nnc2n1CCN(C[C@@H](O)COCc1cccs1)C2. The second kappa shape index (κ2) is 7.53. The molecule has 0 aliphatic carbocycles. The summed E-state index contributed by atoms with van der Waals surface area (Å²) >= 11 is 1.67. The molecule has 0 spiro atoms. The van der Waals surface area contributed by atoms with Crippen molar-refractivity contribution in [2.24, 2.45) is 0 Å². The molecule has 0 aromatic carbocycles. The fourth-order valence-electron chi connectivity index (χ4n) is 2.85. The van der Waals surface area contributed by atoms with E-state index < -0.39 is 6.10 Å². The zero-order valence-corrected chi connectivity index (χ0v) is 14.5. The molecule has 3 heterocycles.